The van der Waals surface area contributed by atoms with Crippen LogP contribution < -0.4 is 20.7 Å². The van der Waals surface area contributed by atoms with E-state index in [0.29, 0.717) is 5.56 Å². The van der Waals surface area contributed by atoms with Crippen molar-refractivity contribution >= 4 is 72.4 Å². The minimum Gasteiger partial charge on any atom is -0.309 e. The molecule has 0 fully saturated rings. The average Bonchev–Trinajstić information content (AvgIpc) is 3.75. The molecule has 2 heterocycles. The third kappa shape index (κ3) is 4.65. The van der Waals surface area contributed by atoms with Crippen molar-refractivity contribution in [1.82, 2.24) is 9.13 Å². The summed E-state index contributed by atoms with van der Waals surface area (Å²) in [6.45, 7) is 0. The Morgan fingerprint density at radius 3 is 1.57 bits per heavy atom. The van der Waals surface area contributed by atoms with Crippen LogP contribution in [-0.4, -0.2) is 17.2 Å². The summed E-state index contributed by atoms with van der Waals surface area (Å²) in [5.74, 6) is 0. The third-order valence-corrected chi connectivity index (χ3v) is 15.7. The van der Waals surface area contributed by atoms with Gasteiger partial charge in [0.05, 0.1) is 33.7 Å². The normalized spacial score (nSPS) is 11.8. The Morgan fingerprint density at radius 2 is 0.887 bits per heavy atom. The maximum absolute atomic E-state index is 9.80. The first-order valence-electron chi connectivity index (χ1n) is 18.0. The maximum atomic E-state index is 9.80. The Labute approximate surface area is 308 Å². The van der Waals surface area contributed by atoms with Crippen LogP contribution in [-0.2, 0) is 0 Å². The van der Waals surface area contributed by atoms with Crippen LogP contribution >= 0.6 is 0 Å². The molecule has 248 valence electrons. The number of benzene rings is 8. The fourth-order valence-corrected chi connectivity index (χ4v) is 13.7. The summed E-state index contributed by atoms with van der Waals surface area (Å²) in [6.07, 6.45) is 0. The van der Waals surface area contributed by atoms with E-state index < -0.39 is 8.07 Å². The first-order chi connectivity index (χ1) is 26.3. The Hall–Kier alpha value is -6.93. The van der Waals surface area contributed by atoms with E-state index in [9.17, 15) is 5.26 Å². The predicted octanol–water partition coefficient (Wildman–Crippen LogP) is 9.13. The quantitative estimate of drug-likeness (QED) is 0.127. The number of nitriles is 1. The van der Waals surface area contributed by atoms with Gasteiger partial charge in [-0.25, -0.2) is 0 Å². The molecule has 3 nitrogen and oxygen atoms in total. The number of rotatable bonds is 6. The number of nitrogens with zero attached hydrogens (tertiary/aromatic N) is 3. The van der Waals surface area contributed by atoms with Crippen molar-refractivity contribution in [1.29, 1.82) is 5.26 Å². The summed E-state index contributed by atoms with van der Waals surface area (Å²) in [5.41, 5.74) is 7.54. The lowest BCUT2D eigenvalue weighted by Gasteiger charge is -2.35. The highest BCUT2D eigenvalue weighted by Crippen LogP contribution is 2.34. The molecular formula is C49H33N3Si. The molecule has 0 aliphatic heterocycles. The lowest BCUT2D eigenvalue weighted by atomic mass is 10.1. The van der Waals surface area contributed by atoms with Crippen molar-refractivity contribution in [3.63, 3.8) is 0 Å². The van der Waals surface area contributed by atoms with E-state index in [1.54, 1.807) is 0 Å². The van der Waals surface area contributed by atoms with E-state index in [0.717, 1.165) is 33.2 Å². The zero-order chi connectivity index (χ0) is 35.4. The van der Waals surface area contributed by atoms with Crippen LogP contribution in [0.3, 0.4) is 0 Å². The van der Waals surface area contributed by atoms with Crippen molar-refractivity contribution < 1.29 is 0 Å². The van der Waals surface area contributed by atoms with Gasteiger partial charge in [-0.3, -0.25) is 0 Å². The maximum Gasteiger partial charge on any atom is 0.181 e. The molecule has 0 saturated carbocycles. The van der Waals surface area contributed by atoms with Crippen molar-refractivity contribution in [3.8, 4) is 17.4 Å². The average molecular weight is 692 g/mol. The topological polar surface area (TPSA) is 33.6 Å². The van der Waals surface area contributed by atoms with Crippen LogP contribution in [0, 0.1) is 11.3 Å². The van der Waals surface area contributed by atoms with Crippen molar-refractivity contribution in [3.05, 3.63) is 206 Å². The highest BCUT2D eigenvalue weighted by atomic mass is 28.3. The van der Waals surface area contributed by atoms with E-state index in [1.807, 2.05) is 12.1 Å². The first kappa shape index (κ1) is 30.9. The Balaban J connectivity index is 1.37. The molecule has 53 heavy (non-hydrogen) atoms. The Kier molecular flexibility index (Phi) is 7.21. The molecule has 0 atom stereocenters. The fourth-order valence-electron chi connectivity index (χ4n) is 8.71. The van der Waals surface area contributed by atoms with Gasteiger partial charge in [-0.05, 0) is 75.3 Å². The van der Waals surface area contributed by atoms with Crippen molar-refractivity contribution in [2.24, 2.45) is 0 Å². The van der Waals surface area contributed by atoms with Gasteiger partial charge >= 0.3 is 0 Å². The van der Waals surface area contributed by atoms with Crippen molar-refractivity contribution in [2.75, 3.05) is 0 Å². The van der Waals surface area contributed by atoms with Gasteiger partial charge in [-0.15, -0.1) is 0 Å². The van der Waals surface area contributed by atoms with E-state index in [4.69, 9.17) is 0 Å². The van der Waals surface area contributed by atoms with E-state index >= 15 is 0 Å². The predicted molar refractivity (Wildman–Crippen MR) is 223 cm³/mol. The lowest BCUT2D eigenvalue weighted by molar-refractivity contribution is 1.18. The molecule has 0 radical (unpaired) electrons. The van der Waals surface area contributed by atoms with Crippen LogP contribution in [0.1, 0.15) is 5.56 Å². The van der Waals surface area contributed by atoms with Gasteiger partial charge < -0.3 is 9.13 Å². The molecule has 2 aromatic heterocycles. The van der Waals surface area contributed by atoms with Gasteiger partial charge in [0.15, 0.2) is 8.07 Å². The number of hydrogen-bond acceptors (Lipinski definition) is 1. The highest BCUT2D eigenvalue weighted by molar-refractivity contribution is 7.20. The second kappa shape index (κ2) is 12.4. The lowest BCUT2D eigenvalue weighted by Crippen LogP contribution is -2.75. The van der Waals surface area contributed by atoms with Gasteiger partial charge in [0.25, 0.3) is 0 Å². The van der Waals surface area contributed by atoms with E-state index in [1.165, 1.54) is 42.6 Å². The van der Waals surface area contributed by atoms with Gasteiger partial charge in [0, 0.05) is 32.9 Å². The standard InChI is InChI=1S/C49H33N3Si/c50-34-35-30-31-47-44(32-35)42-25-11-12-27-45(42)51(47)37-18-14-23-40(33-37)53(38-19-6-2-7-20-38,39-21-8-3-9-22-39)48-29-15-26-43-41-24-10-13-28-46(41)52(49(43)48)36-16-4-1-5-17-36/h1-33H. The molecule has 0 N–H and O–H groups in total. The number of para-hydroxylation sites is 4. The van der Waals surface area contributed by atoms with Gasteiger partial charge in [-0.2, -0.15) is 5.26 Å². The first-order valence-corrected chi connectivity index (χ1v) is 20.0. The van der Waals surface area contributed by atoms with Crippen LogP contribution in [0.25, 0.3) is 55.0 Å². The molecule has 0 unspecified atom stereocenters. The number of aromatic nitrogens is 2. The van der Waals surface area contributed by atoms with Gasteiger partial charge in [0.1, 0.15) is 0 Å². The zero-order valence-corrected chi connectivity index (χ0v) is 29.9. The van der Waals surface area contributed by atoms with E-state index in [-0.39, 0.29) is 0 Å². The summed E-state index contributed by atoms with van der Waals surface area (Å²) in [7, 11) is -3.06. The molecule has 0 saturated heterocycles. The second-order valence-electron chi connectivity index (χ2n) is 13.6. The summed E-state index contributed by atoms with van der Waals surface area (Å²) < 4.78 is 4.85. The molecule has 0 spiro atoms. The summed E-state index contributed by atoms with van der Waals surface area (Å²) in [4.78, 5) is 0. The minimum atomic E-state index is -3.06. The molecule has 0 bridgehead atoms. The molecule has 0 amide bonds. The Morgan fingerprint density at radius 1 is 0.377 bits per heavy atom. The zero-order valence-electron chi connectivity index (χ0n) is 28.9. The summed E-state index contributed by atoms with van der Waals surface area (Å²) in [6, 6.07) is 75.1. The van der Waals surface area contributed by atoms with Crippen molar-refractivity contribution in [2.45, 2.75) is 0 Å². The van der Waals surface area contributed by atoms with E-state index in [2.05, 4.69) is 203 Å². The molecule has 4 heteroatoms. The molecule has 10 aromatic rings. The molecule has 0 aliphatic rings. The third-order valence-electron chi connectivity index (χ3n) is 10.9. The number of fused-ring (bicyclic) bond motifs is 6. The fraction of sp³-hybridized carbons (Fsp3) is 0. The van der Waals surface area contributed by atoms with Crippen LogP contribution in [0.2, 0.25) is 0 Å². The second-order valence-corrected chi connectivity index (χ2v) is 17.4. The van der Waals surface area contributed by atoms with Crippen LogP contribution in [0.15, 0.2) is 200 Å². The van der Waals surface area contributed by atoms with Gasteiger partial charge in [0.2, 0.25) is 0 Å². The summed E-state index contributed by atoms with van der Waals surface area (Å²) in [5, 5.41) is 19.8. The van der Waals surface area contributed by atoms with Gasteiger partial charge in [-0.1, -0.05) is 146 Å². The Bertz CT molecular complexity index is 2970. The molecule has 0 aliphatic carbocycles. The molecular weight excluding hydrogens is 659 g/mol. The van der Waals surface area contributed by atoms with Crippen LogP contribution in [0.4, 0.5) is 0 Å². The highest BCUT2D eigenvalue weighted by Gasteiger charge is 2.43. The molecule has 10 rings (SSSR count). The monoisotopic (exact) mass is 691 g/mol. The number of hydrogen-bond donors (Lipinski definition) is 0. The SMILES string of the molecule is N#Cc1ccc2c(c1)c1ccccc1n2-c1cccc([Si](c2ccccc2)(c2ccccc2)c2cccc3c4ccccc4n(-c4ccccc4)c23)c1. The molecule has 8 aromatic carbocycles. The smallest absolute Gasteiger partial charge is 0.181 e. The van der Waals surface area contributed by atoms with Crippen LogP contribution in [0.5, 0.6) is 0 Å². The minimum absolute atomic E-state index is 0.663. The summed E-state index contributed by atoms with van der Waals surface area (Å²) >= 11 is 0. The largest absolute Gasteiger partial charge is 0.309 e.